The first-order valence-corrected chi connectivity index (χ1v) is 8.15. The molecule has 3 amide bonds. The van der Waals surface area contributed by atoms with E-state index in [1.807, 2.05) is 11.8 Å². The third kappa shape index (κ3) is 5.32. The summed E-state index contributed by atoms with van der Waals surface area (Å²) in [6, 6.07) is 0.506. The lowest BCUT2D eigenvalue weighted by Gasteiger charge is -2.38. The Kier molecular flexibility index (Phi) is 7.96. The highest BCUT2D eigenvalue weighted by molar-refractivity contribution is 5.85. The van der Waals surface area contributed by atoms with Gasteiger partial charge in [-0.15, -0.1) is 12.4 Å². The highest BCUT2D eigenvalue weighted by atomic mass is 35.5. The Bertz CT molecular complexity index is 375. The number of nitrogens with zero attached hydrogens (tertiary/aromatic N) is 1. The van der Waals surface area contributed by atoms with E-state index < -0.39 is 0 Å². The van der Waals surface area contributed by atoms with Crippen LogP contribution in [0.2, 0.25) is 0 Å². The molecule has 2 fully saturated rings. The zero-order valence-electron chi connectivity index (χ0n) is 13.6. The first kappa shape index (κ1) is 19.0. The van der Waals surface area contributed by atoms with Gasteiger partial charge in [0.25, 0.3) is 0 Å². The number of rotatable bonds is 3. The van der Waals surface area contributed by atoms with Gasteiger partial charge >= 0.3 is 6.03 Å². The number of halogens is 1. The highest BCUT2D eigenvalue weighted by Gasteiger charge is 2.28. The molecule has 0 spiro atoms. The van der Waals surface area contributed by atoms with Crippen LogP contribution in [0.3, 0.4) is 0 Å². The number of amides is 3. The number of carbonyl (C=O) groups excluding carboxylic acids is 2. The topological polar surface area (TPSA) is 73.5 Å². The summed E-state index contributed by atoms with van der Waals surface area (Å²) in [7, 11) is 0. The van der Waals surface area contributed by atoms with Gasteiger partial charge in [0.15, 0.2) is 0 Å². The van der Waals surface area contributed by atoms with Crippen molar-refractivity contribution in [1.29, 1.82) is 0 Å². The van der Waals surface area contributed by atoms with Crippen LogP contribution < -0.4 is 16.0 Å². The summed E-state index contributed by atoms with van der Waals surface area (Å²) in [6.07, 6.45) is 5.72. The molecule has 0 aromatic carbocycles. The third-order valence-electron chi connectivity index (χ3n) is 4.70. The van der Waals surface area contributed by atoms with Crippen LogP contribution in [0.4, 0.5) is 4.79 Å². The van der Waals surface area contributed by atoms with Crippen molar-refractivity contribution in [3.63, 3.8) is 0 Å². The minimum Gasteiger partial charge on any atom is -0.336 e. The largest absolute Gasteiger partial charge is 0.336 e. The second-order valence-electron chi connectivity index (χ2n) is 6.23. The predicted octanol–water partition coefficient (Wildman–Crippen LogP) is 1.25. The summed E-state index contributed by atoms with van der Waals surface area (Å²) in [6.45, 7) is 5.71. The summed E-state index contributed by atoms with van der Waals surface area (Å²) in [4.78, 5) is 25.9. The van der Waals surface area contributed by atoms with Crippen molar-refractivity contribution in [2.24, 2.45) is 0 Å². The molecule has 2 rings (SSSR count). The number of carbonyl (C=O) groups is 2. The molecule has 1 aliphatic heterocycles. The molecule has 2 atom stereocenters. The van der Waals surface area contributed by atoms with Crippen molar-refractivity contribution in [1.82, 2.24) is 20.9 Å². The van der Waals surface area contributed by atoms with E-state index >= 15 is 0 Å². The Hall–Kier alpha value is -1.01. The van der Waals surface area contributed by atoms with Crippen molar-refractivity contribution in [3.05, 3.63) is 0 Å². The minimum absolute atomic E-state index is 0. The predicted molar refractivity (Wildman–Crippen MR) is 89.3 cm³/mol. The van der Waals surface area contributed by atoms with E-state index in [9.17, 15) is 9.59 Å². The quantitative estimate of drug-likeness (QED) is 0.728. The Balaban J connectivity index is 0.00000242. The molecule has 1 heterocycles. The normalized spacial score (nSPS) is 26.0. The molecule has 2 unspecified atom stereocenters. The van der Waals surface area contributed by atoms with Crippen LogP contribution in [-0.4, -0.2) is 54.6 Å². The zero-order valence-corrected chi connectivity index (χ0v) is 14.4. The van der Waals surface area contributed by atoms with Gasteiger partial charge in [-0.1, -0.05) is 19.3 Å². The number of nitrogens with one attached hydrogen (secondary N) is 3. The van der Waals surface area contributed by atoms with Crippen LogP contribution in [0.15, 0.2) is 0 Å². The summed E-state index contributed by atoms with van der Waals surface area (Å²) >= 11 is 0. The summed E-state index contributed by atoms with van der Waals surface area (Å²) in [5.74, 6) is -0.00496. The lowest BCUT2D eigenvalue weighted by atomic mass is 9.96. The second-order valence-corrected chi connectivity index (χ2v) is 6.23. The smallest absolute Gasteiger partial charge is 0.315 e. The molecule has 7 heteroatoms. The van der Waals surface area contributed by atoms with E-state index in [1.165, 1.54) is 19.3 Å². The molecule has 2 aliphatic rings. The zero-order chi connectivity index (χ0) is 15.2. The molecule has 6 nitrogen and oxygen atoms in total. The molecule has 0 bridgehead atoms. The first-order valence-electron chi connectivity index (χ1n) is 8.15. The molecule has 1 aliphatic carbocycles. The van der Waals surface area contributed by atoms with E-state index in [0.717, 1.165) is 19.4 Å². The number of urea groups is 1. The van der Waals surface area contributed by atoms with Crippen LogP contribution in [-0.2, 0) is 4.79 Å². The van der Waals surface area contributed by atoms with E-state index in [2.05, 4.69) is 22.9 Å². The van der Waals surface area contributed by atoms with E-state index in [1.54, 1.807) is 0 Å². The lowest BCUT2D eigenvalue weighted by Crippen LogP contribution is -2.59. The van der Waals surface area contributed by atoms with Crippen molar-refractivity contribution in [3.8, 4) is 0 Å². The van der Waals surface area contributed by atoms with Gasteiger partial charge in [0.2, 0.25) is 5.91 Å². The van der Waals surface area contributed by atoms with Gasteiger partial charge in [-0.2, -0.15) is 0 Å². The second kappa shape index (κ2) is 9.20. The Morgan fingerprint density at radius 3 is 2.55 bits per heavy atom. The maximum Gasteiger partial charge on any atom is 0.315 e. The standard InChI is InChI=1S/C15H28N4O2.ClH/c1-11-12(2)19(9-8-16-11)14(20)10-17-15(21)18-13-6-4-3-5-7-13;/h11-13,16H,3-10H2,1-2H3,(H2,17,18,21);1H. The van der Waals surface area contributed by atoms with Crippen molar-refractivity contribution >= 4 is 24.3 Å². The van der Waals surface area contributed by atoms with Crippen molar-refractivity contribution in [2.75, 3.05) is 19.6 Å². The summed E-state index contributed by atoms with van der Waals surface area (Å²) in [5, 5.41) is 9.01. The van der Waals surface area contributed by atoms with Crippen LogP contribution in [0.5, 0.6) is 0 Å². The molecular weight excluding hydrogens is 304 g/mol. The fraction of sp³-hybridized carbons (Fsp3) is 0.867. The van der Waals surface area contributed by atoms with Crippen LogP contribution in [0, 0.1) is 0 Å². The van der Waals surface area contributed by atoms with Gasteiger partial charge in [0.1, 0.15) is 0 Å². The van der Waals surface area contributed by atoms with E-state index in [4.69, 9.17) is 0 Å². The lowest BCUT2D eigenvalue weighted by molar-refractivity contribution is -0.133. The molecule has 1 saturated carbocycles. The maximum atomic E-state index is 12.2. The van der Waals surface area contributed by atoms with Gasteiger partial charge in [0, 0.05) is 31.2 Å². The average molecular weight is 333 g/mol. The van der Waals surface area contributed by atoms with Crippen LogP contribution in [0.1, 0.15) is 46.0 Å². The minimum atomic E-state index is -0.217. The van der Waals surface area contributed by atoms with Gasteiger partial charge < -0.3 is 20.9 Å². The van der Waals surface area contributed by atoms with Crippen molar-refractivity contribution < 1.29 is 9.59 Å². The fourth-order valence-electron chi connectivity index (χ4n) is 3.15. The monoisotopic (exact) mass is 332 g/mol. The first-order chi connectivity index (χ1) is 10.1. The molecule has 3 N–H and O–H groups in total. The van der Waals surface area contributed by atoms with Gasteiger partial charge in [-0.25, -0.2) is 4.79 Å². The maximum absolute atomic E-state index is 12.2. The third-order valence-corrected chi connectivity index (χ3v) is 4.70. The average Bonchev–Trinajstić information content (AvgIpc) is 2.48. The number of hydrogen-bond donors (Lipinski definition) is 3. The highest BCUT2D eigenvalue weighted by Crippen LogP contribution is 2.17. The molecule has 0 aromatic heterocycles. The Morgan fingerprint density at radius 1 is 1.18 bits per heavy atom. The van der Waals surface area contributed by atoms with Crippen LogP contribution >= 0.6 is 12.4 Å². The van der Waals surface area contributed by atoms with E-state index in [-0.39, 0.29) is 43.0 Å². The van der Waals surface area contributed by atoms with Gasteiger partial charge in [0.05, 0.1) is 6.54 Å². The van der Waals surface area contributed by atoms with Crippen LogP contribution in [0.25, 0.3) is 0 Å². The molecule has 0 radical (unpaired) electrons. The molecule has 128 valence electrons. The molecule has 0 aromatic rings. The summed E-state index contributed by atoms with van der Waals surface area (Å²) in [5.41, 5.74) is 0. The van der Waals surface area contributed by atoms with Gasteiger partial charge in [-0.05, 0) is 26.7 Å². The van der Waals surface area contributed by atoms with Gasteiger partial charge in [-0.3, -0.25) is 4.79 Å². The Morgan fingerprint density at radius 2 is 1.86 bits per heavy atom. The molecular formula is C15H29ClN4O2. The number of piperazine rings is 1. The summed E-state index contributed by atoms with van der Waals surface area (Å²) < 4.78 is 0. The molecule has 1 saturated heterocycles. The van der Waals surface area contributed by atoms with Crippen molar-refractivity contribution in [2.45, 2.75) is 64.1 Å². The fourth-order valence-corrected chi connectivity index (χ4v) is 3.15. The number of hydrogen-bond acceptors (Lipinski definition) is 3. The Labute approximate surface area is 139 Å². The molecule has 22 heavy (non-hydrogen) atoms. The van der Waals surface area contributed by atoms with E-state index in [0.29, 0.717) is 12.6 Å². The SMILES string of the molecule is CC1NCCN(C(=O)CNC(=O)NC2CCCCC2)C1C.Cl.